The summed E-state index contributed by atoms with van der Waals surface area (Å²) in [6.07, 6.45) is 0.621. The van der Waals surface area contributed by atoms with Crippen molar-refractivity contribution in [2.75, 3.05) is 4.90 Å². The number of nitriles is 2. The van der Waals surface area contributed by atoms with Gasteiger partial charge in [-0.1, -0.05) is 17.7 Å². The zero-order chi connectivity index (χ0) is 20.5. The molecule has 2 atom stereocenters. The third kappa shape index (κ3) is 3.46. The van der Waals surface area contributed by atoms with E-state index in [9.17, 15) is 10.4 Å². The number of guanidine groups is 1. The van der Waals surface area contributed by atoms with Crippen LogP contribution in [0.25, 0.3) is 0 Å². The molecule has 142 valence electrons. The van der Waals surface area contributed by atoms with E-state index in [-0.39, 0.29) is 5.96 Å². The highest BCUT2D eigenvalue weighted by molar-refractivity contribution is 6.30. The van der Waals surface area contributed by atoms with Gasteiger partial charge in [0.05, 0.1) is 17.7 Å². The van der Waals surface area contributed by atoms with Crippen molar-refractivity contribution in [2.24, 2.45) is 10.7 Å². The van der Waals surface area contributed by atoms with Crippen LogP contribution in [0.5, 0.6) is 5.75 Å². The summed E-state index contributed by atoms with van der Waals surface area (Å²) in [6.45, 7) is 3.50. The summed E-state index contributed by atoms with van der Waals surface area (Å²) in [5, 5.41) is 29.9. The number of hydrogen-bond acceptors (Lipinski definition) is 5. The zero-order valence-electron chi connectivity index (χ0n) is 15.3. The molecule has 2 aromatic rings. The van der Waals surface area contributed by atoms with Crippen LogP contribution in [0.3, 0.4) is 0 Å². The van der Waals surface area contributed by atoms with Crippen molar-refractivity contribution in [1.82, 2.24) is 0 Å². The van der Waals surface area contributed by atoms with Crippen LogP contribution >= 0.6 is 11.6 Å². The molecular formula is C20H18ClN5O2. The van der Waals surface area contributed by atoms with Crippen molar-refractivity contribution in [3.8, 4) is 18.0 Å². The van der Waals surface area contributed by atoms with Crippen molar-refractivity contribution in [1.29, 1.82) is 10.5 Å². The number of rotatable bonds is 2. The van der Waals surface area contributed by atoms with E-state index >= 15 is 0 Å². The summed E-state index contributed by atoms with van der Waals surface area (Å²) in [5.41, 5.74) is 6.65. The molecule has 0 fully saturated rings. The lowest BCUT2D eigenvalue weighted by molar-refractivity contribution is -0.0565. The lowest BCUT2D eigenvalue weighted by atomic mass is 9.84. The lowest BCUT2D eigenvalue weighted by Gasteiger charge is -2.46. The fourth-order valence-corrected chi connectivity index (χ4v) is 3.47. The first kappa shape index (κ1) is 19.5. The van der Waals surface area contributed by atoms with Crippen LogP contribution in [-0.4, -0.2) is 22.8 Å². The van der Waals surface area contributed by atoms with E-state index in [2.05, 4.69) is 11.1 Å². The van der Waals surface area contributed by atoms with Crippen LogP contribution in [-0.2, 0) is 0 Å². The molecule has 0 radical (unpaired) electrons. The number of nitrogens with two attached hydrogens (primary N) is 1. The summed E-state index contributed by atoms with van der Waals surface area (Å²) in [5.74, 6) is 0.399. The Morgan fingerprint density at radius 2 is 2.04 bits per heavy atom. The van der Waals surface area contributed by atoms with Gasteiger partial charge in [0.1, 0.15) is 17.5 Å². The highest BCUT2D eigenvalue weighted by Crippen LogP contribution is 2.44. The Morgan fingerprint density at radius 3 is 2.68 bits per heavy atom. The molecule has 28 heavy (non-hydrogen) atoms. The van der Waals surface area contributed by atoms with Gasteiger partial charge in [0.2, 0.25) is 12.2 Å². The van der Waals surface area contributed by atoms with Crippen molar-refractivity contribution < 1.29 is 9.84 Å². The number of benzene rings is 2. The van der Waals surface area contributed by atoms with Gasteiger partial charge in [-0.15, -0.1) is 4.99 Å². The van der Waals surface area contributed by atoms with E-state index in [0.717, 1.165) is 0 Å². The fraction of sp³-hybridized carbons (Fsp3) is 0.250. The topological polar surface area (TPSA) is 119 Å². The van der Waals surface area contributed by atoms with Gasteiger partial charge < -0.3 is 20.5 Å². The molecule has 2 unspecified atom stereocenters. The van der Waals surface area contributed by atoms with E-state index < -0.39 is 17.7 Å². The first-order valence-corrected chi connectivity index (χ1v) is 8.84. The van der Waals surface area contributed by atoms with E-state index in [1.807, 2.05) is 0 Å². The van der Waals surface area contributed by atoms with Crippen molar-refractivity contribution in [3.63, 3.8) is 0 Å². The first-order chi connectivity index (χ1) is 13.3. The average molecular weight is 396 g/mol. The van der Waals surface area contributed by atoms with Gasteiger partial charge in [-0.05, 0) is 50.2 Å². The molecule has 0 aromatic heterocycles. The molecule has 1 aliphatic heterocycles. The molecule has 0 amide bonds. The Hall–Kier alpha value is -3.26. The predicted octanol–water partition coefficient (Wildman–Crippen LogP) is 3.09. The van der Waals surface area contributed by atoms with Gasteiger partial charge >= 0.3 is 0 Å². The Labute approximate surface area is 167 Å². The summed E-state index contributed by atoms with van der Waals surface area (Å²) >= 11 is 6.15. The number of fused-ring (bicyclic) bond motifs is 1. The number of aliphatic imine (C=N–C) groups is 1. The van der Waals surface area contributed by atoms with Gasteiger partial charge in [0, 0.05) is 16.3 Å². The number of aliphatic hydroxyl groups excluding tert-OH is 1. The number of hydrogen-bond donors (Lipinski definition) is 2. The zero-order valence-corrected chi connectivity index (χ0v) is 16.1. The normalized spacial score (nSPS) is 20.3. The standard InChI is InChI=1S/C20H18ClN5O2/c1-20(2)18(27)17(15-8-12(10-22)6-7-16(15)28-20)26(19(24)25-11-23)14-5-3-4-13(21)9-14/h3-9,17-18,27H,1-2H3,(H2,24,25). The molecule has 1 heterocycles. The minimum Gasteiger partial charge on any atom is -0.485 e. The number of halogens is 1. The number of nitrogens with zero attached hydrogens (tertiary/aromatic N) is 4. The maximum absolute atomic E-state index is 11.1. The van der Waals surface area contributed by atoms with E-state index in [1.54, 1.807) is 62.5 Å². The molecule has 1 aliphatic rings. The summed E-state index contributed by atoms with van der Waals surface area (Å²) in [6, 6.07) is 13.1. The molecule has 8 heteroatoms. The highest BCUT2D eigenvalue weighted by Gasteiger charge is 2.46. The summed E-state index contributed by atoms with van der Waals surface area (Å²) in [7, 11) is 0. The van der Waals surface area contributed by atoms with Crippen LogP contribution < -0.4 is 15.4 Å². The second-order valence-corrected chi connectivity index (χ2v) is 7.32. The Morgan fingerprint density at radius 1 is 1.29 bits per heavy atom. The molecule has 0 saturated carbocycles. The summed E-state index contributed by atoms with van der Waals surface area (Å²) < 4.78 is 5.95. The smallest absolute Gasteiger partial charge is 0.212 e. The monoisotopic (exact) mass is 395 g/mol. The Balaban J connectivity index is 2.28. The van der Waals surface area contributed by atoms with Crippen LogP contribution in [0.2, 0.25) is 5.02 Å². The maximum atomic E-state index is 11.1. The first-order valence-electron chi connectivity index (χ1n) is 8.46. The van der Waals surface area contributed by atoms with E-state index in [1.165, 1.54) is 4.90 Å². The Kier molecular flexibility index (Phi) is 5.15. The number of aliphatic hydroxyl groups is 1. The molecule has 0 bridgehead atoms. The second-order valence-electron chi connectivity index (χ2n) is 6.88. The van der Waals surface area contributed by atoms with Gasteiger partial charge in [-0.25, -0.2) is 0 Å². The van der Waals surface area contributed by atoms with Crippen LogP contribution in [0.15, 0.2) is 47.5 Å². The fourth-order valence-electron chi connectivity index (χ4n) is 3.28. The molecule has 2 aromatic carbocycles. The second kappa shape index (κ2) is 7.40. The average Bonchev–Trinajstić information content (AvgIpc) is 2.65. The number of anilines is 1. The molecule has 3 rings (SSSR count). The lowest BCUT2D eigenvalue weighted by Crippen LogP contribution is -2.56. The van der Waals surface area contributed by atoms with Crippen molar-refractivity contribution >= 4 is 23.2 Å². The van der Waals surface area contributed by atoms with Crippen LogP contribution in [0.1, 0.15) is 31.0 Å². The maximum Gasteiger partial charge on any atom is 0.212 e. The van der Waals surface area contributed by atoms with E-state index in [4.69, 9.17) is 27.3 Å². The largest absolute Gasteiger partial charge is 0.485 e. The van der Waals surface area contributed by atoms with Crippen molar-refractivity contribution in [3.05, 3.63) is 58.6 Å². The summed E-state index contributed by atoms with van der Waals surface area (Å²) in [4.78, 5) is 5.20. The molecule has 0 spiro atoms. The highest BCUT2D eigenvalue weighted by atomic mass is 35.5. The predicted molar refractivity (Wildman–Crippen MR) is 106 cm³/mol. The van der Waals surface area contributed by atoms with Crippen LogP contribution in [0.4, 0.5) is 5.69 Å². The molecule has 0 aliphatic carbocycles. The van der Waals surface area contributed by atoms with Crippen molar-refractivity contribution in [2.45, 2.75) is 31.6 Å². The molecule has 7 nitrogen and oxygen atoms in total. The quantitative estimate of drug-likeness (QED) is 0.458. The molecule has 3 N–H and O–H groups in total. The van der Waals surface area contributed by atoms with Gasteiger partial charge in [0.25, 0.3) is 0 Å². The van der Waals surface area contributed by atoms with Gasteiger partial charge in [-0.2, -0.15) is 10.5 Å². The number of ether oxygens (including phenoxy) is 1. The van der Waals surface area contributed by atoms with E-state index in [0.29, 0.717) is 27.6 Å². The molecule has 0 saturated heterocycles. The third-order valence-electron chi connectivity index (χ3n) is 4.62. The Bertz CT molecular complexity index is 1020. The minimum absolute atomic E-state index is 0.111. The molecular weight excluding hydrogens is 378 g/mol. The van der Waals surface area contributed by atoms with Gasteiger partial charge in [-0.3, -0.25) is 0 Å². The van der Waals surface area contributed by atoms with Gasteiger partial charge in [0.15, 0.2) is 0 Å². The minimum atomic E-state index is -1.06. The third-order valence-corrected chi connectivity index (χ3v) is 4.85. The van der Waals surface area contributed by atoms with Crippen LogP contribution in [0, 0.1) is 22.8 Å². The SMILES string of the molecule is CC1(C)Oc2ccc(C#N)cc2C(N(/C(N)=N\C#N)c2cccc(Cl)c2)C1O.